The van der Waals surface area contributed by atoms with Gasteiger partial charge in [-0.2, -0.15) is 5.10 Å². The molecule has 0 saturated heterocycles. The molecule has 0 spiro atoms. The third kappa shape index (κ3) is 4.87. The second-order valence-electron chi connectivity index (χ2n) is 7.34. The Hall–Kier alpha value is -2.37. The van der Waals surface area contributed by atoms with Gasteiger partial charge in [0.2, 0.25) is 0 Å². The number of aromatic nitrogens is 2. The Balaban J connectivity index is 1.73. The van der Waals surface area contributed by atoms with Crippen LogP contribution in [-0.2, 0) is 19.0 Å². The molecule has 0 amide bonds. The quantitative estimate of drug-likeness (QED) is 0.603. The van der Waals surface area contributed by atoms with Gasteiger partial charge in [0.15, 0.2) is 5.96 Å². The van der Waals surface area contributed by atoms with Gasteiger partial charge >= 0.3 is 0 Å². The molecular formula is C21H30FN5. The SMILES string of the molecule is CCNC(=NCc1ccnn1C)NCC1(c2ccc(F)cc2)CCCCC1. The van der Waals surface area contributed by atoms with Crippen LogP contribution in [0.4, 0.5) is 4.39 Å². The summed E-state index contributed by atoms with van der Waals surface area (Å²) >= 11 is 0. The van der Waals surface area contributed by atoms with Crippen LogP contribution in [0.5, 0.6) is 0 Å². The van der Waals surface area contributed by atoms with E-state index in [0.717, 1.165) is 37.6 Å². The third-order valence-corrected chi connectivity index (χ3v) is 5.53. The Morgan fingerprint density at radius 1 is 1.15 bits per heavy atom. The highest BCUT2D eigenvalue weighted by Crippen LogP contribution is 2.39. The lowest BCUT2D eigenvalue weighted by molar-refractivity contribution is 0.291. The van der Waals surface area contributed by atoms with Crippen molar-refractivity contribution >= 4 is 5.96 Å². The standard InChI is InChI=1S/C21H30FN5/c1-3-23-20(24-15-19-11-14-26-27(19)2)25-16-21(12-5-4-6-13-21)17-7-9-18(22)10-8-17/h7-11,14H,3-6,12-13,15-16H2,1-2H3,(H2,23,24,25). The number of hydrogen-bond acceptors (Lipinski definition) is 2. The lowest BCUT2D eigenvalue weighted by atomic mass is 9.69. The summed E-state index contributed by atoms with van der Waals surface area (Å²) in [5.74, 6) is 0.634. The lowest BCUT2D eigenvalue weighted by Gasteiger charge is -2.38. The van der Waals surface area contributed by atoms with Gasteiger partial charge in [0, 0.05) is 31.7 Å². The number of halogens is 1. The van der Waals surface area contributed by atoms with Crippen molar-refractivity contribution in [2.45, 2.75) is 51.0 Å². The normalized spacial score (nSPS) is 16.9. The first-order chi connectivity index (χ1) is 13.1. The maximum Gasteiger partial charge on any atom is 0.191 e. The molecule has 0 radical (unpaired) electrons. The van der Waals surface area contributed by atoms with E-state index in [-0.39, 0.29) is 11.2 Å². The first kappa shape index (κ1) is 19.4. The van der Waals surface area contributed by atoms with Crippen molar-refractivity contribution in [2.75, 3.05) is 13.1 Å². The second-order valence-corrected chi connectivity index (χ2v) is 7.34. The van der Waals surface area contributed by atoms with Crippen molar-refractivity contribution in [1.29, 1.82) is 0 Å². The van der Waals surface area contributed by atoms with Gasteiger partial charge in [-0.3, -0.25) is 4.68 Å². The molecule has 1 saturated carbocycles. The van der Waals surface area contributed by atoms with E-state index in [1.807, 2.05) is 29.9 Å². The van der Waals surface area contributed by atoms with Crippen LogP contribution in [-0.4, -0.2) is 28.8 Å². The molecule has 6 heteroatoms. The van der Waals surface area contributed by atoms with Crippen molar-refractivity contribution in [3.8, 4) is 0 Å². The van der Waals surface area contributed by atoms with Gasteiger partial charge in [0.05, 0.1) is 12.2 Å². The Kier molecular flexibility index (Phi) is 6.48. The largest absolute Gasteiger partial charge is 0.357 e. The van der Waals surface area contributed by atoms with Gasteiger partial charge in [-0.25, -0.2) is 9.38 Å². The summed E-state index contributed by atoms with van der Waals surface area (Å²) in [4.78, 5) is 4.71. The number of nitrogens with zero attached hydrogens (tertiary/aromatic N) is 3. The summed E-state index contributed by atoms with van der Waals surface area (Å²) in [5.41, 5.74) is 2.32. The van der Waals surface area contributed by atoms with Gasteiger partial charge in [0.25, 0.3) is 0 Å². The van der Waals surface area contributed by atoms with Crippen LogP contribution < -0.4 is 10.6 Å². The van der Waals surface area contributed by atoms with Gasteiger partial charge in [0.1, 0.15) is 5.82 Å². The summed E-state index contributed by atoms with van der Waals surface area (Å²) in [5, 5.41) is 11.1. The monoisotopic (exact) mass is 371 g/mol. The Labute approximate surface area is 161 Å². The molecule has 3 rings (SSSR count). The number of rotatable bonds is 6. The first-order valence-corrected chi connectivity index (χ1v) is 9.88. The van der Waals surface area contributed by atoms with E-state index in [4.69, 9.17) is 4.99 Å². The smallest absolute Gasteiger partial charge is 0.191 e. The van der Waals surface area contributed by atoms with E-state index in [2.05, 4.69) is 22.7 Å². The lowest BCUT2D eigenvalue weighted by Crippen LogP contribution is -2.46. The predicted octanol–water partition coefficient (Wildman–Crippen LogP) is 3.52. The number of aryl methyl sites for hydroxylation is 1. The minimum absolute atomic E-state index is 0.0364. The second kappa shape index (κ2) is 9.02. The molecule has 2 N–H and O–H groups in total. The molecule has 0 bridgehead atoms. The molecule has 1 fully saturated rings. The van der Waals surface area contributed by atoms with Crippen LogP contribution in [0, 0.1) is 5.82 Å². The summed E-state index contributed by atoms with van der Waals surface area (Å²) in [7, 11) is 1.93. The van der Waals surface area contributed by atoms with Crippen LogP contribution in [0.3, 0.4) is 0 Å². The number of guanidine groups is 1. The van der Waals surface area contributed by atoms with Crippen LogP contribution in [0.25, 0.3) is 0 Å². The van der Waals surface area contributed by atoms with Crippen molar-refractivity contribution in [1.82, 2.24) is 20.4 Å². The fourth-order valence-corrected chi connectivity index (χ4v) is 3.91. The molecule has 1 heterocycles. The molecule has 2 aromatic rings. The summed E-state index contributed by atoms with van der Waals surface area (Å²) < 4.78 is 15.3. The molecular weight excluding hydrogens is 341 g/mol. The minimum atomic E-state index is -0.177. The molecule has 5 nitrogen and oxygen atoms in total. The van der Waals surface area contributed by atoms with E-state index >= 15 is 0 Å². The Morgan fingerprint density at radius 3 is 2.52 bits per heavy atom. The van der Waals surface area contributed by atoms with E-state index in [0.29, 0.717) is 6.54 Å². The average molecular weight is 372 g/mol. The highest BCUT2D eigenvalue weighted by Gasteiger charge is 2.34. The topological polar surface area (TPSA) is 54.2 Å². The molecule has 1 aromatic heterocycles. The summed E-state index contributed by atoms with van der Waals surface area (Å²) in [6, 6.07) is 9.03. The predicted molar refractivity (Wildman–Crippen MR) is 107 cm³/mol. The zero-order valence-electron chi connectivity index (χ0n) is 16.3. The fourth-order valence-electron chi connectivity index (χ4n) is 3.91. The zero-order chi connectivity index (χ0) is 19.1. The van der Waals surface area contributed by atoms with Crippen LogP contribution in [0.2, 0.25) is 0 Å². The molecule has 1 aliphatic rings. The Morgan fingerprint density at radius 2 is 1.89 bits per heavy atom. The van der Waals surface area contributed by atoms with Crippen LogP contribution in [0.15, 0.2) is 41.5 Å². The number of nitrogens with one attached hydrogen (secondary N) is 2. The van der Waals surface area contributed by atoms with Gasteiger partial charge < -0.3 is 10.6 Å². The minimum Gasteiger partial charge on any atom is -0.357 e. The molecule has 27 heavy (non-hydrogen) atoms. The van der Waals surface area contributed by atoms with Crippen LogP contribution >= 0.6 is 0 Å². The zero-order valence-corrected chi connectivity index (χ0v) is 16.3. The highest BCUT2D eigenvalue weighted by atomic mass is 19.1. The number of benzene rings is 1. The molecule has 0 aliphatic heterocycles. The summed E-state index contributed by atoms with van der Waals surface area (Å²) in [6.45, 7) is 4.25. The fraction of sp³-hybridized carbons (Fsp3) is 0.524. The molecule has 146 valence electrons. The van der Waals surface area contributed by atoms with E-state index < -0.39 is 0 Å². The van der Waals surface area contributed by atoms with E-state index in [9.17, 15) is 4.39 Å². The number of aliphatic imine (C=N–C) groups is 1. The molecule has 0 atom stereocenters. The van der Waals surface area contributed by atoms with E-state index in [1.54, 1.807) is 18.3 Å². The van der Waals surface area contributed by atoms with Crippen molar-refractivity contribution in [2.24, 2.45) is 12.0 Å². The molecule has 1 aromatic carbocycles. The van der Waals surface area contributed by atoms with Gasteiger partial charge in [-0.15, -0.1) is 0 Å². The maximum atomic E-state index is 13.4. The summed E-state index contributed by atoms with van der Waals surface area (Å²) in [6.07, 6.45) is 7.72. The average Bonchev–Trinajstić information content (AvgIpc) is 3.10. The van der Waals surface area contributed by atoms with Crippen molar-refractivity contribution < 1.29 is 4.39 Å². The Bertz CT molecular complexity index is 744. The van der Waals surface area contributed by atoms with Crippen LogP contribution in [0.1, 0.15) is 50.3 Å². The van der Waals surface area contributed by atoms with E-state index in [1.165, 1.54) is 24.8 Å². The van der Waals surface area contributed by atoms with Gasteiger partial charge in [-0.1, -0.05) is 31.4 Å². The maximum absolute atomic E-state index is 13.4. The molecule has 0 unspecified atom stereocenters. The molecule has 1 aliphatic carbocycles. The van der Waals surface area contributed by atoms with Crippen molar-refractivity contribution in [3.63, 3.8) is 0 Å². The highest BCUT2D eigenvalue weighted by molar-refractivity contribution is 5.79. The number of hydrogen-bond donors (Lipinski definition) is 2. The van der Waals surface area contributed by atoms with Crippen molar-refractivity contribution in [3.05, 3.63) is 53.6 Å². The first-order valence-electron chi connectivity index (χ1n) is 9.88. The van der Waals surface area contributed by atoms with Gasteiger partial charge in [-0.05, 0) is 43.5 Å². The third-order valence-electron chi connectivity index (χ3n) is 5.53.